The lowest BCUT2D eigenvalue weighted by Crippen LogP contribution is -2.28. The highest BCUT2D eigenvalue weighted by atomic mass is 16.7. The average Bonchev–Trinajstić information content (AvgIpc) is 3.13. The van der Waals surface area contributed by atoms with Crippen LogP contribution in [0.5, 0.6) is 11.5 Å². The lowest BCUT2D eigenvalue weighted by molar-refractivity contribution is -0.148. The molecule has 26 heavy (non-hydrogen) atoms. The molecule has 0 spiro atoms. The van der Waals surface area contributed by atoms with Gasteiger partial charge in [0.05, 0.1) is 6.42 Å². The van der Waals surface area contributed by atoms with E-state index in [0.717, 1.165) is 11.1 Å². The summed E-state index contributed by atoms with van der Waals surface area (Å²) in [4.78, 5) is 23.8. The highest BCUT2D eigenvalue weighted by Crippen LogP contribution is 2.32. The van der Waals surface area contributed by atoms with Crippen LogP contribution in [-0.4, -0.2) is 25.3 Å². The van der Waals surface area contributed by atoms with Gasteiger partial charge < -0.3 is 19.5 Å². The van der Waals surface area contributed by atoms with Crippen molar-refractivity contribution >= 4 is 11.9 Å². The summed E-state index contributed by atoms with van der Waals surface area (Å²) in [5.41, 5.74) is 1.95. The molecule has 0 radical (unpaired) electrons. The Bertz CT molecular complexity index is 775. The van der Waals surface area contributed by atoms with E-state index in [9.17, 15) is 9.59 Å². The number of hydrogen-bond donors (Lipinski definition) is 1. The summed E-state index contributed by atoms with van der Waals surface area (Å²) in [6, 6.07) is 15.2. The Morgan fingerprint density at radius 2 is 1.88 bits per heavy atom. The van der Waals surface area contributed by atoms with Gasteiger partial charge in [0.25, 0.3) is 5.91 Å². The molecule has 1 atom stereocenters. The molecular weight excluding hydrogens is 334 g/mol. The van der Waals surface area contributed by atoms with Crippen molar-refractivity contribution in [2.24, 2.45) is 0 Å². The van der Waals surface area contributed by atoms with Crippen molar-refractivity contribution in [1.82, 2.24) is 5.32 Å². The number of amides is 1. The molecule has 1 heterocycles. The Labute approximate surface area is 152 Å². The van der Waals surface area contributed by atoms with Crippen molar-refractivity contribution in [1.29, 1.82) is 0 Å². The van der Waals surface area contributed by atoms with Crippen molar-refractivity contribution in [3.63, 3.8) is 0 Å². The zero-order valence-electron chi connectivity index (χ0n) is 14.6. The van der Waals surface area contributed by atoms with E-state index in [4.69, 9.17) is 14.2 Å². The third-order valence-corrected chi connectivity index (χ3v) is 4.13. The van der Waals surface area contributed by atoms with Crippen LogP contribution in [0, 0.1) is 0 Å². The Balaban J connectivity index is 1.39. The number of carbonyl (C=O) groups excluding carboxylic acids is 2. The Hall–Kier alpha value is -3.02. The highest BCUT2D eigenvalue weighted by molar-refractivity contribution is 5.80. The summed E-state index contributed by atoms with van der Waals surface area (Å²) >= 11 is 0. The predicted molar refractivity (Wildman–Crippen MR) is 94.8 cm³/mol. The number of rotatable bonds is 7. The van der Waals surface area contributed by atoms with Crippen LogP contribution < -0.4 is 14.8 Å². The predicted octanol–water partition coefficient (Wildman–Crippen LogP) is 2.77. The standard InChI is InChI=1S/C20H21NO5/c1-14(16-5-3-2-4-6-16)9-20(23)24-12-19(22)21-11-15-7-8-17-18(10-15)26-13-25-17/h2-8,10,14H,9,11-13H2,1H3,(H,21,22). The lowest BCUT2D eigenvalue weighted by Gasteiger charge is -2.11. The van der Waals surface area contributed by atoms with E-state index in [1.807, 2.05) is 49.4 Å². The van der Waals surface area contributed by atoms with Crippen LogP contribution in [0.2, 0.25) is 0 Å². The molecule has 3 rings (SSSR count). The number of fused-ring (bicyclic) bond motifs is 1. The summed E-state index contributed by atoms with van der Waals surface area (Å²) in [7, 11) is 0. The first kappa shape index (κ1) is 17.8. The van der Waals surface area contributed by atoms with Gasteiger partial charge in [0.15, 0.2) is 18.1 Å². The van der Waals surface area contributed by atoms with Crippen molar-refractivity contribution in [2.45, 2.75) is 25.8 Å². The number of nitrogens with one attached hydrogen (secondary N) is 1. The minimum atomic E-state index is -0.389. The third kappa shape index (κ3) is 4.75. The van der Waals surface area contributed by atoms with Crippen LogP contribution in [0.25, 0.3) is 0 Å². The van der Waals surface area contributed by atoms with Gasteiger partial charge in [0.1, 0.15) is 0 Å². The van der Waals surface area contributed by atoms with Gasteiger partial charge in [-0.1, -0.05) is 43.3 Å². The topological polar surface area (TPSA) is 73.9 Å². The molecule has 1 aliphatic rings. The number of ether oxygens (including phenoxy) is 3. The molecule has 1 amide bonds. The van der Waals surface area contributed by atoms with Crippen LogP contribution in [-0.2, 0) is 20.9 Å². The fraction of sp³-hybridized carbons (Fsp3) is 0.300. The number of hydrogen-bond acceptors (Lipinski definition) is 5. The molecule has 2 aromatic rings. The molecule has 0 aromatic heterocycles. The quantitative estimate of drug-likeness (QED) is 0.773. The van der Waals surface area contributed by atoms with E-state index in [0.29, 0.717) is 18.0 Å². The Morgan fingerprint density at radius 1 is 1.12 bits per heavy atom. The fourth-order valence-corrected chi connectivity index (χ4v) is 2.66. The fourth-order valence-electron chi connectivity index (χ4n) is 2.66. The summed E-state index contributed by atoms with van der Waals surface area (Å²) in [5.74, 6) is 0.669. The molecule has 6 nitrogen and oxygen atoms in total. The zero-order valence-corrected chi connectivity index (χ0v) is 14.6. The second-order valence-electron chi connectivity index (χ2n) is 6.14. The van der Waals surface area contributed by atoms with Crippen molar-refractivity contribution in [2.75, 3.05) is 13.4 Å². The molecule has 1 aliphatic heterocycles. The molecule has 0 fully saturated rings. The van der Waals surface area contributed by atoms with Crippen LogP contribution in [0.1, 0.15) is 30.4 Å². The summed E-state index contributed by atoms with van der Waals surface area (Å²) in [6.07, 6.45) is 0.236. The molecule has 6 heteroatoms. The molecule has 1 N–H and O–H groups in total. The van der Waals surface area contributed by atoms with Crippen LogP contribution in [0.4, 0.5) is 0 Å². The monoisotopic (exact) mass is 355 g/mol. The first-order valence-electron chi connectivity index (χ1n) is 8.47. The van der Waals surface area contributed by atoms with E-state index >= 15 is 0 Å². The largest absolute Gasteiger partial charge is 0.456 e. The summed E-state index contributed by atoms with van der Waals surface area (Å²) in [6.45, 7) is 2.21. The second kappa shape index (κ2) is 8.38. The molecule has 136 valence electrons. The number of esters is 1. The highest BCUT2D eigenvalue weighted by Gasteiger charge is 2.15. The Morgan fingerprint density at radius 3 is 2.69 bits per heavy atom. The van der Waals surface area contributed by atoms with Gasteiger partial charge >= 0.3 is 5.97 Å². The molecule has 1 unspecified atom stereocenters. The first-order chi connectivity index (χ1) is 12.6. The normalized spacial score (nSPS) is 13.1. The van der Waals surface area contributed by atoms with Gasteiger partial charge in [-0.05, 0) is 29.2 Å². The van der Waals surface area contributed by atoms with E-state index in [1.165, 1.54) is 0 Å². The maximum atomic E-state index is 11.9. The van der Waals surface area contributed by atoms with Gasteiger partial charge in [-0.25, -0.2) is 0 Å². The maximum Gasteiger partial charge on any atom is 0.306 e. The first-order valence-corrected chi connectivity index (χ1v) is 8.47. The second-order valence-corrected chi connectivity index (χ2v) is 6.14. The van der Waals surface area contributed by atoms with Gasteiger partial charge in [0, 0.05) is 6.54 Å². The zero-order chi connectivity index (χ0) is 18.4. The average molecular weight is 355 g/mol. The number of benzene rings is 2. The van der Waals surface area contributed by atoms with E-state index in [2.05, 4.69) is 5.32 Å². The number of carbonyl (C=O) groups is 2. The van der Waals surface area contributed by atoms with E-state index in [1.54, 1.807) is 6.07 Å². The minimum Gasteiger partial charge on any atom is -0.456 e. The van der Waals surface area contributed by atoms with Gasteiger partial charge in [-0.15, -0.1) is 0 Å². The molecular formula is C20H21NO5. The molecule has 0 aliphatic carbocycles. The van der Waals surface area contributed by atoms with Crippen molar-refractivity contribution < 1.29 is 23.8 Å². The van der Waals surface area contributed by atoms with Crippen LogP contribution in [0.3, 0.4) is 0 Å². The third-order valence-electron chi connectivity index (χ3n) is 4.13. The smallest absolute Gasteiger partial charge is 0.306 e. The van der Waals surface area contributed by atoms with Crippen molar-refractivity contribution in [3.05, 3.63) is 59.7 Å². The lowest BCUT2D eigenvalue weighted by atomic mass is 9.98. The van der Waals surface area contributed by atoms with Gasteiger partial charge in [-0.2, -0.15) is 0 Å². The SMILES string of the molecule is CC(CC(=O)OCC(=O)NCc1ccc2c(c1)OCO2)c1ccccc1. The van der Waals surface area contributed by atoms with Gasteiger partial charge in [0.2, 0.25) is 6.79 Å². The van der Waals surface area contributed by atoms with Crippen LogP contribution in [0.15, 0.2) is 48.5 Å². The molecule has 0 saturated heterocycles. The Kier molecular flexibility index (Phi) is 5.73. The van der Waals surface area contributed by atoms with Gasteiger partial charge in [-0.3, -0.25) is 9.59 Å². The van der Waals surface area contributed by atoms with Crippen LogP contribution >= 0.6 is 0 Å². The molecule has 2 aromatic carbocycles. The molecule has 0 bridgehead atoms. The molecule has 0 saturated carbocycles. The van der Waals surface area contributed by atoms with E-state index in [-0.39, 0.29) is 37.6 Å². The summed E-state index contributed by atoms with van der Waals surface area (Å²) < 4.78 is 15.6. The minimum absolute atomic E-state index is 0.0420. The maximum absolute atomic E-state index is 11.9. The summed E-state index contributed by atoms with van der Waals surface area (Å²) in [5, 5.41) is 2.72. The van der Waals surface area contributed by atoms with Crippen molar-refractivity contribution in [3.8, 4) is 11.5 Å². The van der Waals surface area contributed by atoms with E-state index < -0.39 is 0 Å².